The summed E-state index contributed by atoms with van der Waals surface area (Å²) >= 11 is 1.68. The second-order valence-corrected chi connectivity index (χ2v) is 6.84. The zero-order chi connectivity index (χ0) is 14.7. The second kappa shape index (κ2) is 6.03. The molecule has 0 bridgehead atoms. The van der Waals surface area contributed by atoms with Crippen LogP contribution in [-0.2, 0) is 17.9 Å². The van der Waals surface area contributed by atoms with Crippen LogP contribution in [0.1, 0.15) is 24.0 Å². The molecule has 0 aromatic carbocycles. The molecule has 21 heavy (non-hydrogen) atoms. The first-order chi connectivity index (χ1) is 10.2. The van der Waals surface area contributed by atoms with Gasteiger partial charge in [0, 0.05) is 11.4 Å². The first kappa shape index (κ1) is 14.4. The maximum atomic E-state index is 13.0. The number of thiophene rings is 1. The summed E-state index contributed by atoms with van der Waals surface area (Å²) in [4.78, 5) is 16.1. The van der Waals surface area contributed by atoms with Gasteiger partial charge >= 0.3 is 0 Å². The highest BCUT2D eigenvalue weighted by Gasteiger charge is 2.39. The molecule has 1 saturated heterocycles. The number of amides is 1. The summed E-state index contributed by atoms with van der Waals surface area (Å²) in [6.07, 6.45) is 2.55. The Kier molecular flexibility index (Phi) is 4.12. The molecule has 1 amide bonds. The van der Waals surface area contributed by atoms with E-state index in [0.717, 1.165) is 25.3 Å². The number of nitrogens with one attached hydrogen (secondary N) is 1. The molecule has 0 aliphatic carbocycles. The smallest absolute Gasteiger partial charge is 0.230 e. The molecule has 1 unspecified atom stereocenters. The van der Waals surface area contributed by atoms with E-state index in [4.69, 9.17) is 4.42 Å². The summed E-state index contributed by atoms with van der Waals surface area (Å²) in [6.45, 7) is 4.89. The van der Waals surface area contributed by atoms with E-state index < -0.39 is 0 Å². The van der Waals surface area contributed by atoms with E-state index in [9.17, 15) is 4.79 Å². The Labute approximate surface area is 128 Å². The quantitative estimate of drug-likeness (QED) is 0.924. The molecular formula is C16H20N2O2S. The third-order valence-electron chi connectivity index (χ3n) is 4.03. The Morgan fingerprint density at radius 3 is 2.95 bits per heavy atom. The number of furan rings is 1. The molecule has 0 spiro atoms. The van der Waals surface area contributed by atoms with Crippen molar-refractivity contribution in [3.63, 3.8) is 0 Å². The number of rotatable bonds is 5. The molecule has 2 aromatic heterocycles. The summed E-state index contributed by atoms with van der Waals surface area (Å²) in [6, 6.07) is 7.88. The highest BCUT2D eigenvalue weighted by molar-refractivity contribution is 7.09. The molecule has 1 aliphatic rings. The maximum absolute atomic E-state index is 13.0. The lowest BCUT2D eigenvalue weighted by Crippen LogP contribution is -2.42. The lowest BCUT2D eigenvalue weighted by atomic mass is 9.88. The van der Waals surface area contributed by atoms with Gasteiger partial charge in [-0.15, -0.1) is 11.3 Å². The SMILES string of the molecule is CC1(C(=O)N(Cc2ccco2)Cc2cccs2)CCNC1. The molecule has 2 aromatic rings. The summed E-state index contributed by atoms with van der Waals surface area (Å²) in [5.74, 6) is 1.03. The van der Waals surface area contributed by atoms with E-state index in [-0.39, 0.29) is 11.3 Å². The van der Waals surface area contributed by atoms with E-state index in [0.29, 0.717) is 13.1 Å². The number of hydrogen-bond acceptors (Lipinski definition) is 4. The lowest BCUT2D eigenvalue weighted by Gasteiger charge is -2.30. The Balaban J connectivity index is 1.79. The van der Waals surface area contributed by atoms with Crippen LogP contribution in [0.25, 0.3) is 0 Å². The van der Waals surface area contributed by atoms with Crippen LogP contribution in [0.5, 0.6) is 0 Å². The van der Waals surface area contributed by atoms with Crippen molar-refractivity contribution in [1.82, 2.24) is 10.2 Å². The molecule has 1 fully saturated rings. The van der Waals surface area contributed by atoms with Crippen molar-refractivity contribution in [3.05, 3.63) is 46.5 Å². The van der Waals surface area contributed by atoms with E-state index in [1.807, 2.05) is 28.5 Å². The molecule has 3 heterocycles. The highest BCUT2D eigenvalue weighted by atomic mass is 32.1. The number of carbonyl (C=O) groups excluding carboxylic acids is 1. The molecule has 4 nitrogen and oxygen atoms in total. The van der Waals surface area contributed by atoms with Crippen LogP contribution < -0.4 is 5.32 Å². The number of hydrogen-bond donors (Lipinski definition) is 1. The van der Waals surface area contributed by atoms with Crippen LogP contribution in [-0.4, -0.2) is 23.9 Å². The van der Waals surface area contributed by atoms with Gasteiger partial charge in [-0.25, -0.2) is 0 Å². The summed E-state index contributed by atoms with van der Waals surface area (Å²) in [7, 11) is 0. The van der Waals surface area contributed by atoms with Crippen LogP contribution in [0.15, 0.2) is 40.3 Å². The Morgan fingerprint density at radius 1 is 1.43 bits per heavy atom. The normalized spacial score (nSPS) is 21.6. The first-order valence-electron chi connectivity index (χ1n) is 7.22. The zero-order valence-electron chi connectivity index (χ0n) is 12.2. The fourth-order valence-corrected chi connectivity index (χ4v) is 3.48. The van der Waals surface area contributed by atoms with Gasteiger partial charge in [-0.2, -0.15) is 0 Å². The van der Waals surface area contributed by atoms with Crippen LogP contribution in [0, 0.1) is 5.41 Å². The van der Waals surface area contributed by atoms with Crippen molar-refractivity contribution in [3.8, 4) is 0 Å². The van der Waals surface area contributed by atoms with Crippen molar-refractivity contribution in [2.75, 3.05) is 13.1 Å². The van der Waals surface area contributed by atoms with E-state index in [1.54, 1.807) is 17.6 Å². The van der Waals surface area contributed by atoms with E-state index in [1.165, 1.54) is 4.88 Å². The largest absolute Gasteiger partial charge is 0.467 e. The maximum Gasteiger partial charge on any atom is 0.230 e. The lowest BCUT2D eigenvalue weighted by molar-refractivity contribution is -0.141. The van der Waals surface area contributed by atoms with Gasteiger partial charge in [0.1, 0.15) is 5.76 Å². The predicted molar refractivity (Wildman–Crippen MR) is 82.9 cm³/mol. The van der Waals surface area contributed by atoms with Gasteiger partial charge in [0.25, 0.3) is 0 Å². The average Bonchev–Trinajstić information content (AvgIpc) is 3.20. The van der Waals surface area contributed by atoms with E-state index >= 15 is 0 Å². The van der Waals surface area contributed by atoms with Gasteiger partial charge in [-0.05, 0) is 43.5 Å². The molecule has 3 rings (SSSR count). The van der Waals surface area contributed by atoms with Gasteiger partial charge in [0.05, 0.1) is 24.8 Å². The van der Waals surface area contributed by atoms with Crippen molar-refractivity contribution in [2.45, 2.75) is 26.4 Å². The topological polar surface area (TPSA) is 45.5 Å². The fraction of sp³-hybridized carbons (Fsp3) is 0.438. The fourth-order valence-electron chi connectivity index (χ4n) is 2.76. The third kappa shape index (κ3) is 3.19. The monoisotopic (exact) mass is 304 g/mol. The minimum atomic E-state index is -0.302. The van der Waals surface area contributed by atoms with Crippen molar-refractivity contribution in [2.24, 2.45) is 5.41 Å². The van der Waals surface area contributed by atoms with Crippen LogP contribution in [0.3, 0.4) is 0 Å². The van der Waals surface area contributed by atoms with Crippen molar-refractivity contribution in [1.29, 1.82) is 0 Å². The average molecular weight is 304 g/mol. The van der Waals surface area contributed by atoms with Crippen LogP contribution in [0.4, 0.5) is 0 Å². The molecular weight excluding hydrogens is 284 g/mol. The first-order valence-corrected chi connectivity index (χ1v) is 8.10. The van der Waals surface area contributed by atoms with E-state index in [2.05, 4.69) is 18.3 Å². The Bertz CT molecular complexity index is 535. The second-order valence-electron chi connectivity index (χ2n) is 5.81. The highest BCUT2D eigenvalue weighted by Crippen LogP contribution is 2.29. The summed E-state index contributed by atoms with van der Waals surface area (Å²) < 4.78 is 5.42. The van der Waals surface area contributed by atoms with Gasteiger partial charge in [0.2, 0.25) is 5.91 Å². The van der Waals surface area contributed by atoms with Gasteiger partial charge < -0.3 is 14.6 Å². The summed E-state index contributed by atoms with van der Waals surface area (Å²) in [5, 5.41) is 5.34. The van der Waals surface area contributed by atoms with Gasteiger partial charge in [-0.3, -0.25) is 4.79 Å². The van der Waals surface area contributed by atoms with Crippen LogP contribution >= 0.6 is 11.3 Å². The minimum Gasteiger partial charge on any atom is -0.467 e. The molecule has 0 saturated carbocycles. The zero-order valence-corrected chi connectivity index (χ0v) is 13.0. The standard InChI is InChI=1S/C16H20N2O2S/c1-16(6-7-17-12-16)15(19)18(10-13-4-2-8-20-13)11-14-5-3-9-21-14/h2-5,8-9,17H,6-7,10-12H2,1H3. The number of carbonyl (C=O) groups is 1. The molecule has 5 heteroatoms. The Morgan fingerprint density at radius 2 is 2.33 bits per heavy atom. The molecule has 1 aliphatic heterocycles. The molecule has 1 atom stereocenters. The Hall–Kier alpha value is -1.59. The van der Waals surface area contributed by atoms with Crippen molar-refractivity contribution >= 4 is 17.2 Å². The summed E-state index contributed by atoms with van der Waals surface area (Å²) in [5.41, 5.74) is -0.302. The number of nitrogens with zero attached hydrogens (tertiary/aromatic N) is 1. The molecule has 0 radical (unpaired) electrons. The van der Waals surface area contributed by atoms with Crippen molar-refractivity contribution < 1.29 is 9.21 Å². The van der Waals surface area contributed by atoms with Gasteiger partial charge in [-0.1, -0.05) is 6.07 Å². The minimum absolute atomic E-state index is 0.206. The van der Waals surface area contributed by atoms with Crippen LogP contribution in [0.2, 0.25) is 0 Å². The molecule has 112 valence electrons. The van der Waals surface area contributed by atoms with Gasteiger partial charge in [0.15, 0.2) is 0 Å². The molecule has 1 N–H and O–H groups in total. The third-order valence-corrected chi connectivity index (χ3v) is 4.89. The predicted octanol–water partition coefficient (Wildman–Crippen LogP) is 2.87.